The summed E-state index contributed by atoms with van der Waals surface area (Å²) in [7, 11) is 0. The van der Waals surface area contributed by atoms with Crippen LogP contribution in [0, 0.1) is 6.92 Å². The molecule has 6 nitrogen and oxygen atoms in total. The standard InChI is InChI=1S/C15H10N4O2S2/c1-8-17-14(21-19-8)10-4-5-22-15(10)18-13(20)9-2-3-11-12(6-9)23-7-16-11/h2-7H,1H3,(H,18,20). The lowest BCUT2D eigenvalue weighted by atomic mass is 10.2. The molecule has 3 heterocycles. The molecule has 0 saturated carbocycles. The SMILES string of the molecule is Cc1noc(-c2ccsc2NC(=O)c2ccc3ncsc3c2)n1. The van der Waals surface area contributed by atoms with Gasteiger partial charge in [-0.05, 0) is 36.6 Å². The molecule has 1 aromatic carbocycles. The molecule has 0 aliphatic carbocycles. The first-order valence-corrected chi connectivity index (χ1v) is 8.49. The smallest absolute Gasteiger partial charge is 0.260 e. The van der Waals surface area contributed by atoms with Crippen LogP contribution in [0.15, 0.2) is 39.7 Å². The molecule has 0 fully saturated rings. The number of benzene rings is 1. The summed E-state index contributed by atoms with van der Waals surface area (Å²) in [5.74, 6) is 0.774. The zero-order valence-corrected chi connectivity index (χ0v) is 13.6. The van der Waals surface area contributed by atoms with E-state index >= 15 is 0 Å². The van der Waals surface area contributed by atoms with Crippen LogP contribution in [0.2, 0.25) is 0 Å². The van der Waals surface area contributed by atoms with Crippen molar-refractivity contribution in [3.05, 3.63) is 46.5 Å². The van der Waals surface area contributed by atoms with E-state index in [1.54, 1.807) is 18.5 Å². The number of nitrogens with zero attached hydrogens (tertiary/aromatic N) is 3. The molecule has 0 bridgehead atoms. The first-order chi connectivity index (χ1) is 11.2. The fraction of sp³-hybridized carbons (Fsp3) is 0.0667. The maximum Gasteiger partial charge on any atom is 0.260 e. The van der Waals surface area contributed by atoms with Crippen molar-refractivity contribution < 1.29 is 9.32 Å². The monoisotopic (exact) mass is 342 g/mol. The van der Waals surface area contributed by atoms with Gasteiger partial charge in [-0.25, -0.2) is 4.98 Å². The number of hydrogen-bond donors (Lipinski definition) is 1. The molecule has 0 saturated heterocycles. The minimum atomic E-state index is -0.180. The lowest BCUT2D eigenvalue weighted by Gasteiger charge is -2.04. The molecule has 0 unspecified atom stereocenters. The van der Waals surface area contributed by atoms with Gasteiger partial charge in [-0.1, -0.05) is 5.16 Å². The summed E-state index contributed by atoms with van der Waals surface area (Å²) >= 11 is 2.92. The van der Waals surface area contributed by atoms with Crippen molar-refractivity contribution in [2.45, 2.75) is 6.92 Å². The van der Waals surface area contributed by atoms with Gasteiger partial charge in [0.2, 0.25) is 0 Å². The van der Waals surface area contributed by atoms with Gasteiger partial charge in [-0.3, -0.25) is 4.79 Å². The van der Waals surface area contributed by atoms with E-state index in [2.05, 4.69) is 20.4 Å². The highest BCUT2D eigenvalue weighted by molar-refractivity contribution is 7.16. The van der Waals surface area contributed by atoms with E-state index in [9.17, 15) is 4.79 Å². The number of nitrogens with one attached hydrogen (secondary N) is 1. The number of carbonyl (C=O) groups is 1. The lowest BCUT2D eigenvalue weighted by molar-refractivity contribution is 0.102. The van der Waals surface area contributed by atoms with Gasteiger partial charge in [-0.15, -0.1) is 22.7 Å². The van der Waals surface area contributed by atoms with E-state index in [0.717, 1.165) is 15.8 Å². The number of fused-ring (bicyclic) bond motifs is 1. The second kappa shape index (κ2) is 5.56. The Kier molecular flexibility index (Phi) is 3.40. The molecule has 8 heteroatoms. The Morgan fingerprint density at radius 3 is 3.00 bits per heavy atom. The van der Waals surface area contributed by atoms with Crippen molar-refractivity contribution >= 4 is 43.8 Å². The summed E-state index contributed by atoms with van der Waals surface area (Å²) < 4.78 is 6.15. The van der Waals surface area contributed by atoms with E-state index in [4.69, 9.17) is 4.52 Å². The van der Waals surface area contributed by atoms with E-state index in [1.807, 2.05) is 23.6 Å². The van der Waals surface area contributed by atoms with Crippen LogP contribution in [0.3, 0.4) is 0 Å². The molecule has 0 aliphatic heterocycles. The molecule has 4 aromatic rings. The zero-order valence-electron chi connectivity index (χ0n) is 11.9. The maximum atomic E-state index is 12.5. The predicted octanol–water partition coefficient (Wildman–Crippen LogP) is 3.97. The highest BCUT2D eigenvalue weighted by Gasteiger charge is 2.16. The third-order valence-electron chi connectivity index (χ3n) is 3.24. The number of carbonyl (C=O) groups excluding carboxylic acids is 1. The highest BCUT2D eigenvalue weighted by atomic mass is 32.1. The topological polar surface area (TPSA) is 80.9 Å². The molecule has 0 spiro atoms. The molecular weight excluding hydrogens is 332 g/mol. The predicted molar refractivity (Wildman–Crippen MR) is 89.9 cm³/mol. The first-order valence-electron chi connectivity index (χ1n) is 6.73. The van der Waals surface area contributed by atoms with E-state index in [1.165, 1.54) is 22.7 Å². The third kappa shape index (κ3) is 2.62. The summed E-state index contributed by atoms with van der Waals surface area (Å²) in [5, 5.41) is 9.24. The summed E-state index contributed by atoms with van der Waals surface area (Å²) in [6.07, 6.45) is 0. The number of anilines is 1. The van der Waals surface area contributed by atoms with E-state index in [-0.39, 0.29) is 5.91 Å². The van der Waals surface area contributed by atoms with Gasteiger partial charge in [0.25, 0.3) is 11.8 Å². The van der Waals surface area contributed by atoms with Crippen LogP contribution in [-0.4, -0.2) is 21.0 Å². The Labute approximate surface area is 138 Å². The van der Waals surface area contributed by atoms with Crippen molar-refractivity contribution in [3.8, 4) is 11.5 Å². The van der Waals surface area contributed by atoms with Gasteiger partial charge in [0.15, 0.2) is 5.82 Å². The van der Waals surface area contributed by atoms with Crippen LogP contribution >= 0.6 is 22.7 Å². The van der Waals surface area contributed by atoms with Gasteiger partial charge in [0, 0.05) is 5.56 Å². The van der Waals surface area contributed by atoms with Crippen LogP contribution in [0.5, 0.6) is 0 Å². The largest absolute Gasteiger partial charge is 0.334 e. The van der Waals surface area contributed by atoms with Gasteiger partial charge in [0.05, 0.1) is 21.3 Å². The van der Waals surface area contributed by atoms with Crippen molar-refractivity contribution in [2.24, 2.45) is 0 Å². The molecule has 4 rings (SSSR count). The number of aryl methyl sites for hydroxylation is 1. The lowest BCUT2D eigenvalue weighted by Crippen LogP contribution is -2.11. The molecule has 0 aliphatic rings. The first kappa shape index (κ1) is 14.0. The van der Waals surface area contributed by atoms with Gasteiger partial charge >= 0.3 is 0 Å². The molecule has 0 atom stereocenters. The summed E-state index contributed by atoms with van der Waals surface area (Å²) in [4.78, 5) is 20.9. The third-order valence-corrected chi connectivity index (χ3v) is 4.87. The van der Waals surface area contributed by atoms with E-state index < -0.39 is 0 Å². The number of thiophene rings is 1. The Balaban J connectivity index is 1.63. The quantitative estimate of drug-likeness (QED) is 0.609. The zero-order chi connectivity index (χ0) is 15.8. The fourth-order valence-corrected chi connectivity index (χ4v) is 3.64. The number of amides is 1. The van der Waals surface area contributed by atoms with Crippen LogP contribution in [0.25, 0.3) is 21.7 Å². The Bertz CT molecular complexity index is 1000. The summed E-state index contributed by atoms with van der Waals surface area (Å²) in [5.41, 5.74) is 3.97. The normalized spacial score (nSPS) is 11.0. The minimum Gasteiger partial charge on any atom is -0.334 e. The molecule has 1 N–H and O–H groups in total. The van der Waals surface area contributed by atoms with Crippen LogP contribution in [0.4, 0.5) is 5.00 Å². The molecule has 114 valence electrons. The van der Waals surface area contributed by atoms with Crippen molar-refractivity contribution in [1.29, 1.82) is 0 Å². The molecule has 23 heavy (non-hydrogen) atoms. The average molecular weight is 342 g/mol. The Hall–Kier alpha value is -2.58. The number of aromatic nitrogens is 3. The van der Waals surface area contributed by atoms with Crippen LogP contribution < -0.4 is 5.32 Å². The molecule has 3 aromatic heterocycles. The van der Waals surface area contributed by atoms with Crippen molar-refractivity contribution in [2.75, 3.05) is 5.32 Å². The molecule has 1 amide bonds. The fourth-order valence-electron chi connectivity index (χ4n) is 2.15. The summed E-state index contributed by atoms with van der Waals surface area (Å²) in [6, 6.07) is 7.30. The van der Waals surface area contributed by atoms with Crippen molar-refractivity contribution in [3.63, 3.8) is 0 Å². The second-order valence-electron chi connectivity index (χ2n) is 4.80. The van der Waals surface area contributed by atoms with Gasteiger partial charge in [-0.2, -0.15) is 4.98 Å². The number of hydrogen-bond acceptors (Lipinski definition) is 7. The molecular formula is C15H10N4O2S2. The number of thiazole rings is 1. The average Bonchev–Trinajstić information content (AvgIpc) is 3.26. The minimum absolute atomic E-state index is 0.180. The van der Waals surface area contributed by atoms with Gasteiger partial charge in [0.1, 0.15) is 5.00 Å². The maximum absolute atomic E-state index is 12.5. The second-order valence-corrected chi connectivity index (χ2v) is 6.60. The Morgan fingerprint density at radius 2 is 2.17 bits per heavy atom. The number of rotatable bonds is 3. The van der Waals surface area contributed by atoms with E-state index in [0.29, 0.717) is 22.3 Å². The van der Waals surface area contributed by atoms with Crippen molar-refractivity contribution in [1.82, 2.24) is 15.1 Å². The summed E-state index contributed by atoms with van der Waals surface area (Å²) in [6.45, 7) is 1.75. The van der Waals surface area contributed by atoms with Gasteiger partial charge < -0.3 is 9.84 Å². The van der Waals surface area contributed by atoms with Crippen LogP contribution in [0.1, 0.15) is 16.2 Å². The highest BCUT2D eigenvalue weighted by Crippen LogP contribution is 2.32. The molecule has 0 radical (unpaired) electrons. The Morgan fingerprint density at radius 1 is 1.26 bits per heavy atom. The van der Waals surface area contributed by atoms with Crippen LogP contribution in [-0.2, 0) is 0 Å².